The summed E-state index contributed by atoms with van der Waals surface area (Å²) in [5.74, 6) is 0.297. The fourth-order valence-electron chi connectivity index (χ4n) is 2.71. The number of nitrogens with zero attached hydrogens (tertiary/aromatic N) is 4. The lowest BCUT2D eigenvalue weighted by molar-refractivity contribution is 0.481. The summed E-state index contributed by atoms with van der Waals surface area (Å²) < 4.78 is 15.1. The third kappa shape index (κ3) is 2.28. The van der Waals surface area contributed by atoms with E-state index in [4.69, 9.17) is 0 Å². The predicted octanol–water partition coefficient (Wildman–Crippen LogP) is 5.06. The highest BCUT2D eigenvalue weighted by Gasteiger charge is 2.09. The van der Waals surface area contributed by atoms with Crippen LogP contribution < -0.4 is 0 Å². The first kappa shape index (κ1) is 14.3. The Bertz CT molecular complexity index is 1100. The third-order valence-electron chi connectivity index (χ3n) is 3.85. The van der Waals surface area contributed by atoms with Gasteiger partial charge in [0.25, 0.3) is 0 Å². The lowest BCUT2D eigenvalue weighted by Gasteiger charge is -2.03. The summed E-state index contributed by atoms with van der Waals surface area (Å²) in [6.07, 6.45) is 1.33. The Hall–Kier alpha value is -3.28. The molecular formula is C18H13FN4O. The van der Waals surface area contributed by atoms with Crippen molar-refractivity contribution in [2.45, 2.75) is 6.92 Å². The second kappa shape index (κ2) is 5.42. The van der Waals surface area contributed by atoms with E-state index in [0.717, 1.165) is 5.39 Å². The maximum absolute atomic E-state index is 13.5. The number of pyridine rings is 1. The van der Waals surface area contributed by atoms with E-state index in [-0.39, 0.29) is 11.6 Å². The second-order valence-corrected chi connectivity index (χ2v) is 5.45. The van der Waals surface area contributed by atoms with Gasteiger partial charge in [-0.2, -0.15) is 0 Å². The number of phenols is 1. The maximum atomic E-state index is 13.5. The van der Waals surface area contributed by atoms with Gasteiger partial charge in [-0.3, -0.25) is 4.40 Å². The molecule has 2 aromatic heterocycles. The van der Waals surface area contributed by atoms with E-state index in [1.165, 1.54) is 12.3 Å². The third-order valence-corrected chi connectivity index (χ3v) is 3.85. The van der Waals surface area contributed by atoms with Crippen LogP contribution in [0.3, 0.4) is 0 Å². The van der Waals surface area contributed by atoms with Gasteiger partial charge in [0.1, 0.15) is 17.2 Å². The van der Waals surface area contributed by atoms with Crippen molar-refractivity contribution in [3.8, 4) is 5.75 Å². The molecule has 0 saturated carbocycles. The first-order valence-electron chi connectivity index (χ1n) is 7.40. The van der Waals surface area contributed by atoms with Gasteiger partial charge in [-0.1, -0.05) is 24.3 Å². The van der Waals surface area contributed by atoms with E-state index < -0.39 is 0 Å². The van der Waals surface area contributed by atoms with Gasteiger partial charge in [0.15, 0.2) is 5.82 Å². The van der Waals surface area contributed by atoms with Gasteiger partial charge in [0.2, 0.25) is 0 Å². The molecule has 6 heteroatoms. The van der Waals surface area contributed by atoms with E-state index in [2.05, 4.69) is 15.2 Å². The molecule has 5 nitrogen and oxygen atoms in total. The molecule has 0 unspecified atom stereocenters. The van der Waals surface area contributed by atoms with E-state index in [0.29, 0.717) is 28.2 Å². The molecule has 0 radical (unpaired) electrons. The number of rotatable bonds is 2. The quantitative estimate of drug-likeness (QED) is 0.525. The van der Waals surface area contributed by atoms with Gasteiger partial charge < -0.3 is 5.11 Å². The molecule has 4 rings (SSSR count). The number of hydrogen-bond donors (Lipinski definition) is 1. The lowest BCUT2D eigenvalue weighted by atomic mass is 10.1. The highest BCUT2D eigenvalue weighted by molar-refractivity contribution is 5.96. The number of phenolic OH excluding ortho intramolecular Hbond substituents is 1. The topological polar surface area (TPSA) is 62.2 Å². The summed E-state index contributed by atoms with van der Waals surface area (Å²) in [6, 6.07) is 13.6. The standard InChI is InChI=1S/C18H13FN4O/c1-11-18(23-10-12(19)8-9-17(23)20-11)22-21-15-6-2-5-14-13(15)4-3-7-16(14)24/h2-10,24H,1H3. The minimum absolute atomic E-state index is 0.192. The monoisotopic (exact) mass is 320 g/mol. The van der Waals surface area contributed by atoms with Gasteiger partial charge in [0, 0.05) is 17.0 Å². The van der Waals surface area contributed by atoms with E-state index in [9.17, 15) is 9.50 Å². The number of aromatic nitrogens is 2. The largest absolute Gasteiger partial charge is 0.507 e. The Morgan fingerprint density at radius 2 is 1.79 bits per heavy atom. The van der Waals surface area contributed by atoms with Crippen molar-refractivity contribution in [3.63, 3.8) is 0 Å². The molecule has 0 aliphatic carbocycles. The number of fused-ring (bicyclic) bond motifs is 2. The molecule has 24 heavy (non-hydrogen) atoms. The molecule has 118 valence electrons. The van der Waals surface area contributed by atoms with Crippen LogP contribution in [-0.2, 0) is 0 Å². The van der Waals surface area contributed by atoms with Crippen molar-refractivity contribution < 1.29 is 9.50 Å². The van der Waals surface area contributed by atoms with Crippen LogP contribution in [-0.4, -0.2) is 14.5 Å². The van der Waals surface area contributed by atoms with Crippen LogP contribution >= 0.6 is 0 Å². The molecule has 0 bridgehead atoms. The molecule has 4 aromatic rings. The van der Waals surface area contributed by atoms with E-state index in [1.807, 2.05) is 18.2 Å². The first-order chi connectivity index (χ1) is 11.6. The van der Waals surface area contributed by atoms with Gasteiger partial charge in [-0.15, -0.1) is 10.2 Å². The van der Waals surface area contributed by atoms with Crippen LogP contribution in [0.2, 0.25) is 0 Å². The van der Waals surface area contributed by atoms with Crippen molar-refractivity contribution in [3.05, 3.63) is 66.2 Å². The Labute approximate surface area is 136 Å². The normalized spacial score (nSPS) is 11.8. The van der Waals surface area contributed by atoms with Crippen LogP contribution in [0, 0.1) is 12.7 Å². The molecular weight excluding hydrogens is 307 g/mol. The summed E-state index contributed by atoms with van der Waals surface area (Å²) in [5, 5.41) is 20.0. The van der Waals surface area contributed by atoms with Crippen LogP contribution in [0.15, 0.2) is 65.0 Å². The SMILES string of the molecule is Cc1nc2ccc(F)cn2c1N=Nc1cccc2c(O)cccc12. The van der Waals surface area contributed by atoms with Crippen molar-refractivity contribution in [1.82, 2.24) is 9.38 Å². The number of imidazole rings is 1. The minimum atomic E-state index is -0.369. The fraction of sp³-hybridized carbons (Fsp3) is 0.0556. The second-order valence-electron chi connectivity index (χ2n) is 5.45. The zero-order valence-corrected chi connectivity index (χ0v) is 12.8. The van der Waals surface area contributed by atoms with Crippen LogP contribution in [0.1, 0.15) is 5.69 Å². The predicted molar refractivity (Wildman–Crippen MR) is 89.7 cm³/mol. The Morgan fingerprint density at radius 3 is 2.67 bits per heavy atom. The summed E-state index contributed by atoms with van der Waals surface area (Å²) in [7, 11) is 0. The molecule has 0 spiro atoms. The van der Waals surface area contributed by atoms with Crippen molar-refractivity contribution in [2.24, 2.45) is 10.2 Å². The smallest absolute Gasteiger partial charge is 0.182 e. The van der Waals surface area contributed by atoms with Gasteiger partial charge in [-0.05, 0) is 31.2 Å². The molecule has 2 heterocycles. The zero-order valence-electron chi connectivity index (χ0n) is 12.8. The van der Waals surface area contributed by atoms with E-state index >= 15 is 0 Å². The highest BCUT2D eigenvalue weighted by Crippen LogP contribution is 2.33. The minimum Gasteiger partial charge on any atom is -0.507 e. The number of hydrogen-bond acceptors (Lipinski definition) is 4. The van der Waals surface area contributed by atoms with Crippen LogP contribution in [0.25, 0.3) is 16.4 Å². The average Bonchev–Trinajstić information content (AvgIpc) is 2.88. The fourth-order valence-corrected chi connectivity index (χ4v) is 2.71. The van der Waals surface area contributed by atoms with Crippen molar-refractivity contribution >= 4 is 27.9 Å². The van der Waals surface area contributed by atoms with Crippen LogP contribution in [0.4, 0.5) is 15.9 Å². The molecule has 2 aromatic carbocycles. The number of aryl methyl sites for hydroxylation is 1. The molecule has 0 amide bonds. The summed E-state index contributed by atoms with van der Waals surface area (Å²) >= 11 is 0. The molecule has 1 N–H and O–H groups in total. The van der Waals surface area contributed by atoms with Gasteiger partial charge >= 0.3 is 0 Å². The van der Waals surface area contributed by atoms with E-state index in [1.54, 1.807) is 35.6 Å². The molecule has 0 aliphatic heterocycles. The number of aromatic hydroxyl groups is 1. The average molecular weight is 320 g/mol. The summed E-state index contributed by atoms with van der Waals surface area (Å²) in [5.41, 5.74) is 1.89. The number of azo groups is 1. The number of halogens is 1. The molecule has 0 aliphatic rings. The Kier molecular flexibility index (Phi) is 3.23. The zero-order chi connectivity index (χ0) is 16.7. The Balaban J connectivity index is 1.86. The molecule has 0 saturated heterocycles. The molecule has 0 fully saturated rings. The maximum Gasteiger partial charge on any atom is 0.182 e. The summed E-state index contributed by atoms with van der Waals surface area (Å²) in [6.45, 7) is 1.80. The van der Waals surface area contributed by atoms with Crippen LogP contribution in [0.5, 0.6) is 5.75 Å². The number of benzene rings is 2. The lowest BCUT2D eigenvalue weighted by Crippen LogP contribution is -1.85. The summed E-state index contributed by atoms with van der Waals surface area (Å²) in [4.78, 5) is 4.35. The first-order valence-corrected chi connectivity index (χ1v) is 7.40. The Morgan fingerprint density at radius 1 is 1.00 bits per heavy atom. The van der Waals surface area contributed by atoms with Crippen molar-refractivity contribution in [1.29, 1.82) is 0 Å². The molecule has 0 atom stereocenters. The van der Waals surface area contributed by atoms with Gasteiger partial charge in [0.05, 0.1) is 11.4 Å². The highest BCUT2D eigenvalue weighted by atomic mass is 19.1. The van der Waals surface area contributed by atoms with Crippen molar-refractivity contribution in [2.75, 3.05) is 0 Å². The van der Waals surface area contributed by atoms with Gasteiger partial charge in [-0.25, -0.2) is 9.37 Å².